The highest BCUT2D eigenvalue weighted by molar-refractivity contribution is 5.91. The molecule has 0 bridgehead atoms. The van der Waals surface area contributed by atoms with E-state index >= 15 is 0 Å². The van der Waals surface area contributed by atoms with Gasteiger partial charge in [0.05, 0.1) is 5.41 Å². The Morgan fingerprint density at radius 2 is 2.23 bits per heavy atom. The highest BCUT2D eigenvalue weighted by Crippen LogP contribution is 2.49. The summed E-state index contributed by atoms with van der Waals surface area (Å²) in [5, 5.41) is 0. The standard InChI is InChI=1S/C11H13NO/c1-8-3-6-12-7-10(8)11(4-5-11)9(2)13/h3,6-7H,4-5H2,1-2H3. The summed E-state index contributed by atoms with van der Waals surface area (Å²) in [6.07, 6.45) is 5.60. The van der Waals surface area contributed by atoms with Crippen molar-refractivity contribution in [3.63, 3.8) is 0 Å². The van der Waals surface area contributed by atoms with Gasteiger partial charge in [0.15, 0.2) is 0 Å². The monoisotopic (exact) mass is 175 g/mol. The molecule has 0 radical (unpaired) electrons. The molecule has 1 aliphatic rings. The lowest BCUT2D eigenvalue weighted by atomic mass is 9.90. The van der Waals surface area contributed by atoms with Crippen LogP contribution in [0.15, 0.2) is 18.5 Å². The number of Topliss-reactive ketones (excluding diaryl/α,β-unsaturated/α-hetero) is 1. The van der Waals surface area contributed by atoms with Crippen molar-refractivity contribution < 1.29 is 4.79 Å². The Morgan fingerprint density at radius 1 is 1.54 bits per heavy atom. The van der Waals surface area contributed by atoms with Gasteiger partial charge in [0.1, 0.15) is 5.78 Å². The molecular formula is C11H13NO. The first-order valence-electron chi connectivity index (χ1n) is 4.59. The molecule has 1 aromatic rings. The molecule has 0 aromatic carbocycles. The molecule has 1 aromatic heterocycles. The van der Waals surface area contributed by atoms with Crippen molar-refractivity contribution in [2.24, 2.45) is 0 Å². The summed E-state index contributed by atoms with van der Waals surface area (Å²) < 4.78 is 0. The van der Waals surface area contributed by atoms with E-state index in [0.717, 1.165) is 18.4 Å². The number of nitrogens with zero attached hydrogens (tertiary/aromatic N) is 1. The van der Waals surface area contributed by atoms with Crippen molar-refractivity contribution in [2.75, 3.05) is 0 Å². The highest BCUT2D eigenvalue weighted by Gasteiger charge is 2.49. The summed E-state index contributed by atoms with van der Waals surface area (Å²) in [7, 11) is 0. The van der Waals surface area contributed by atoms with Gasteiger partial charge in [0.2, 0.25) is 0 Å². The van der Waals surface area contributed by atoms with Crippen LogP contribution in [-0.2, 0) is 10.2 Å². The van der Waals surface area contributed by atoms with Crippen LogP contribution in [0.2, 0.25) is 0 Å². The zero-order chi connectivity index (χ0) is 9.47. The smallest absolute Gasteiger partial charge is 0.140 e. The molecule has 0 unspecified atom stereocenters. The topological polar surface area (TPSA) is 30.0 Å². The number of carbonyl (C=O) groups excluding carboxylic acids is 1. The zero-order valence-corrected chi connectivity index (χ0v) is 8.00. The van der Waals surface area contributed by atoms with Gasteiger partial charge in [-0.25, -0.2) is 0 Å². The van der Waals surface area contributed by atoms with Crippen LogP contribution >= 0.6 is 0 Å². The molecule has 68 valence electrons. The second kappa shape index (κ2) is 2.66. The van der Waals surface area contributed by atoms with Crippen molar-refractivity contribution in [3.05, 3.63) is 29.6 Å². The van der Waals surface area contributed by atoms with Gasteiger partial charge in [-0.3, -0.25) is 9.78 Å². The van der Waals surface area contributed by atoms with Gasteiger partial charge in [-0.15, -0.1) is 0 Å². The van der Waals surface area contributed by atoms with E-state index in [4.69, 9.17) is 0 Å². The number of hydrogen-bond donors (Lipinski definition) is 0. The Bertz CT molecular complexity index is 353. The Hall–Kier alpha value is -1.18. The number of aryl methyl sites for hydroxylation is 1. The molecule has 1 saturated carbocycles. The normalized spacial score (nSPS) is 18.3. The molecule has 0 spiro atoms. The SMILES string of the molecule is CC(=O)C1(c2cnccc2C)CC1. The van der Waals surface area contributed by atoms with E-state index in [0.29, 0.717) is 0 Å². The van der Waals surface area contributed by atoms with E-state index in [1.165, 1.54) is 5.56 Å². The van der Waals surface area contributed by atoms with Gasteiger partial charge in [-0.05, 0) is 43.9 Å². The van der Waals surface area contributed by atoms with Crippen LogP contribution in [0, 0.1) is 6.92 Å². The van der Waals surface area contributed by atoms with Crippen molar-refractivity contribution in [3.8, 4) is 0 Å². The fourth-order valence-electron chi connectivity index (χ4n) is 1.90. The average molecular weight is 175 g/mol. The number of hydrogen-bond acceptors (Lipinski definition) is 2. The highest BCUT2D eigenvalue weighted by atomic mass is 16.1. The summed E-state index contributed by atoms with van der Waals surface area (Å²) in [6, 6.07) is 1.97. The Morgan fingerprint density at radius 3 is 2.69 bits per heavy atom. The minimum absolute atomic E-state index is 0.168. The third kappa shape index (κ3) is 1.17. The summed E-state index contributed by atoms with van der Waals surface area (Å²) in [5.41, 5.74) is 2.14. The van der Waals surface area contributed by atoms with Crippen LogP contribution in [0.5, 0.6) is 0 Å². The number of rotatable bonds is 2. The van der Waals surface area contributed by atoms with E-state index in [-0.39, 0.29) is 11.2 Å². The van der Waals surface area contributed by atoms with Gasteiger partial charge in [-0.2, -0.15) is 0 Å². The van der Waals surface area contributed by atoms with E-state index in [2.05, 4.69) is 4.98 Å². The molecular weight excluding hydrogens is 162 g/mol. The second-order valence-corrected chi connectivity index (χ2v) is 3.83. The molecule has 2 heteroatoms. The van der Waals surface area contributed by atoms with Gasteiger partial charge < -0.3 is 0 Å². The van der Waals surface area contributed by atoms with E-state index in [1.54, 1.807) is 13.1 Å². The minimum Gasteiger partial charge on any atom is -0.299 e. The summed E-state index contributed by atoms with van der Waals surface area (Å²) in [4.78, 5) is 15.5. The molecule has 0 saturated heterocycles. The first kappa shape index (κ1) is 8.42. The number of ketones is 1. The molecule has 0 atom stereocenters. The molecule has 0 amide bonds. The van der Waals surface area contributed by atoms with Gasteiger partial charge in [0, 0.05) is 12.4 Å². The Balaban J connectivity index is 2.47. The van der Waals surface area contributed by atoms with Crippen LogP contribution in [0.3, 0.4) is 0 Å². The fourth-order valence-corrected chi connectivity index (χ4v) is 1.90. The third-order valence-corrected chi connectivity index (χ3v) is 2.98. The molecule has 1 aliphatic carbocycles. The van der Waals surface area contributed by atoms with E-state index in [9.17, 15) is 4.79 Å². The van der Waals surface area contributed by atoms with Crippen molar-refractivity contribution in [1.29, 1.82) is 0 Å². The summed E-state index contributed by atoms with van der Waals surface area (Å²) in [5.74, 6) is 0.281. The molecule has 1 heterocycles. The van der Waals surface area contributed by atoms with Crippen molar-refractivity contribution >= 4 is 5.78 Å². The number of aromatic nitrogens is 1. The molecule has 2 nitrogen and oxygen atoms in total. The maximum Gasteiger partial charge on any atom is 0.140 e. The third-order valence-electron chi connectivity index (χ3n) is 2.98. The Labute approximate surface area is 78.0 Å². The minimum atomic E-state index is -0.168. The number of pyridine rings is 1. The maximum atomic E-state index is 11.5. The average Bonchev–Trinajstić information content (AvgIpc) is 2.85. The van der Waals surface area contributed by atoms with Gasteiger partial charge in [0.25, 0.3) is 0 Å². The van der Waals surface area contributed by atoms with Crippen molar-refractivity contribution in [1.82, 2.24) is 4.98 Å². The zero-order valence-electron chi connectivity index (χ0n) is 8.00. The van der Waals surface area contributed by atoms with Gasteiger partial charge >= 0.3 is 0 Å². The van der Waals surface area contributed by atoms with Crippen molar-refractivity contribution in [2.45, 2.75) is 32.1 Å². The Kier molecular flexibility index (Phi) is 1.72. The first-order chi connectivity index (χ1) is 6.17. The lowest BCUT2D eigenvalue weighted by molar-refractivity contribution is -0.119. The predicted molar refractivity (Wildman–Crippen MR) is 50.6 cm³/mol. The molecule has 0 aliphatic heterocycles. The van der Waals surface area contributed by atoms with E-state index in [1.807, 2.05) is 19.2 Å². The quantitative estimate of drug-likeness (QED) is 0.688. The lowest BCUT2D eigenvalue weighted by Gasteiger charge is -2.13. The van der Waals surface area contributed by atoms with Crippen LogP contribution in [0.25, 0.3) is 0 Å². The first-order valence-corrected chi connectivity index (χ1v) is 4.59. The molecule has 0 N–H and O–H groups in total. The van der Waals surface area contributed by atoms with E-state index < -0.39 is 0 Å². The summed E-state index contributed by atoms with van der Waals surface area (Å²) in [6.45, 7) is 3.72. The largest absolute Gasteiger partial charge is 0.299 e. The second-order valence-electron chi connectivity index (χ2n) is 3.83. The van der Waals surface area contributed by atoms with Crippen LogP contribution in [0.4, 0.5) is 0 Å². The maximum absolute atomic E-state index is 11.5. The summed E-state index contributed by atoms with van der Waals surface area (Å²) >= 11 is 0. The predicted octanol–water partition coefficient (Wildman–Crippen LogP) is 2.01. The fraction of sp³-hybridized carbons (Fsp3) is 0.455. The molecule has 13 heavy (non-hydrogen) atoms. The molecule has 1 fully saturated rings. The van der Waals surface area contributed by atoms with Crippen LogP contribution < -0.4 is 0 Å². The molecule has 2 rings (SSSR count). The lowest BCUT2D eigenvalue weighted by Crippen LogP contribution is -2.18. The number of carbonyl (C=O) groups is 1. The van der Waals surface area contributed by atoms with Crippen LogP contribution in [-0.4, -0.2) is 10.8 Å². The van der Waals surface area contributed by atoms with Crippen LogP contribution in [0.1, 0.15) is 30.9 Å². The van der Waals surface area contributed by atoms with Gasteiger partial charge in [-0.1, -0.05) is 0 Å².